The lowest BCUT2D eigenvalue weighted by molar-refractivity contribution is -0.134. The smallest absolute Gasteiger partial charge is 0.236 e. The van der Waals surface area contributed by atoms with Crippen molar-refractivity contribution in [3.05, 3.63) is 0 Å². The van der Waals surface area contributed by atoms with Gasteiger partial charge in [-0.25, -0.2) is 0 Å². The Kier molecular flexibility index (Phi) is 5.60. The molecule has 1 heterocycles. The highest BCUT2D eigenvalue weighted by Gasteiger charge is 2.27. The summed E-state index contributed by atoms with van der Waals surface area (Å²) >= 11 is 0. The second-order valence-electron chi connectivity index (χ2n) is 5.92. The Morgan fingerprint density at radius 1 is 1.32 bits per heavy atom. The van der Waals surface area contributed by atoms with Gasteiger partial charge in [0.2, 0.25) is 5.91 Å². The van der Waals surface area contributed by atoms with Crippen LogP contribution in [0.5, 0.6) is 0 Å². The average Bonchev–Trinajstić information content (AvgIpc) is 3.21. The molecule has 2 N–H and O–H groups in total. The second kappa shape index (κ2) is 7.22. The summed E-state index contributed by atoms with van der Waals surface area (Å²) in [6.45, 7) is 3.98. The van der Waals surface area contributed by atoms with Crippen molar-refractivity contribution in [3.63, 3.8) is 0 Å². The molecule has 1 aliphatic carbocycles. The van der Waals surface area contributed by atoms with Crippen LogP contribution in [-0.2, 0) is 4.79 Å². The number of carbonyl (C=O) groups is 1. The Balaban J connectivity index is 1.77. The van der Waals surface area contributed by atoms with E-state index in [0.717, 1.165) is 38.4 Å². The highest BCUT2D eigenvalue weighted by molar-refractivity contribution is 5.78. The summed E-state index contributed by atoms with van der Waals surface area (Å²) in [7, 11) is 2.12. The molecule has 1 amide bonds. The number of aliphatic hydroxyl groups excluding tert-OH is 1. The van der Waals surface area contributed by atoms with Crippen LogP contribution in [0.2, 0.25) is 0 Å². The number of nitrogens with one attached hydrogen (secondary N) is 1. The van der Waals surface area contributed by atoms with Crippen LogP contribution < -0.4 is 5.32 Å². The molecular formula is C14H27N3O2. The maximum atomic E-state index is 12.3. The summed E-state index contributed by atoms with van der Waals surface area (Å²) in [5.74, 6) is 0.937. The standard InChI is InChI=1S/C14H27N3O2/c1-16-6-4-13(5-7-16)17(8-9-18)14(19)11-15-10-12-2-3-12/h12-13,15,18H,2-11H2,1H3. The molecule has 1 aliphatic heterocycles. The van der Waals surface area contributed by atoms with E-state index >= 15 is 0 Å². The first-order valence-corrected chi connectivity index (χ1v) is 7.50. The molecule has 2 fully saturated rings. The second-order valence-corrected chi connectivity index (χ2v) is 5.92. The predicted molar refractivity (Wildman–Crippen MR) is 74.9 cm³/mol. The summed E-state index contributed by atoms with van der Waals surface area (Å²) in [4.78, 5) is 16.4. The van der Waals surface area contributed by atoms with Crippen LogP contribution in [-0.4, -0.2) is 73.2 Å². The van der Waals surface area contributed by atoms with Crippen LogP contribution in [0.15, 0.2) is 0 Å². The molecule has 0 aromatic carbocycles. The monoisotopic (exact) mass is 269 g/mol. The zero-order valence-corrected chi connectivity index (χ0v) is 12.0. The average molecular weight is 269 g/mol. The molecule has 110 valence electrons. The lowest BCUT2D eigenvalue weighted by atomic mass is 10.0. The van der Waals surface area contributed by atoms with Crippen molar-refractivity contribution in [2.45, 2.75) is 31.7 Å². The third-order valence-corrected chi connectivity index (χ3v) is 4.20. The van der Waals surface area contributed by atoms with Crippen LogP contribution in [0, 0.1) is 5.92 Å². The van der Waals surface area contributed by atoms with Crippen molar-refractivity contribution in [3.8, 4) is 0 Å². The number of piperidine rings is 1. The fraction of sp³-hybridized carbons (Fsp3) is 0.929. The number of hydrogen-bond acceptors (Lipinski definition) is 4. The van der Waals surface area contributed by atoms with E-state index in [1.807, 2.05) is 4.90 Å². The predicted octanol–water partition coefficient (Wildman–Crippen LogP) is -0.0989. The molecule has 0 unspecified atom stereocenters. The molecule has 0 aromatic heterocycles. The topological polar surface area (TPSA) is 55.8 Å². The molecule has 19 heavy (non-hydrogen) atoms. The Hall–Kier alpha value is -0.650. The van der Waals surface area contributed by atoms with E-state index in [-0.39, 0.29) is 12.5 Å². The van der Waals surface area contributed by atoms with Crippen molar-refractivity contribution in [1.82, 2.24) is 15.1 Å². The van der Waals surface area contributed by atoms with Gasteiger partial charge >= 0.3 is 0 Å². The van der Waals surface area contributed by atoms with Crippen molar-refractivity contribution in [1.29, 1.82) is 0 Å². The van der Waals surface area contributed by atoms with Crippen molar-refractivity contribution in [2.24, 2.45) is 5.92 Å². The van der Waals surface area contributed by atoms with E-state index in [9.17, 15) is 4.79 Å². The Morgan fingerprint density at radius 2 is 2.00 bits per heavy atom. The van der Waals surface area contributed by atoms with Gasteiger partial charge in [-0.15, -0.1) is 0 Å². The normalized spacial score (nSPS) is 21.6. The van der Waals surface area contributed by atoms with Gasteiger partial charge in [0.25, 0.3) is 0 Å². The highest BCUT2D eigenvalue weighted by atomic mass is 16.3. The fourth-order valence-corrected chi connectivity index (χ4v) is 2.73. The molecule has 5 nitrogen and oxygen atoms in total. The molecule has 0 atom stereocenters. The summed E-state index contributed by atoms with van der Waals surface area (Å²) in [5.41, 5.74) is 0. The molecule has 1 saturated heterocycles. The van der Waals surface area contributed by atoms with E-state index in [0.29, 0.717) is 19.1 Å². The minimum atomic E-state index is 0.0563. The summed E-state index contributed by atoms with van der Waals surface area (Å²) in [6, 6.07) is 0.304. The maximum Gasteiger partial charge on any atom is 0.236 e. The van der Waals surface area contributed by atoms with Gasteiger partial charge in [-0.05, 0) is 58.3 Å². The number of hydrogen-bond donors (Lipinski definition) is 2. The Labute approximate surface area is 115 Å². The molecule has 0 bridgehead atoms. The van der Waals surface area contributed by atoms with Crippen LogP contribution in [0.3, 0.4) is 0 Å². The van der Waals surface area contributed by atoms with Crippen molar-refractivity contribution >= 4 is 5.91 Å². The van der Waals surface area contributed by atoms with Gasteiger partial charge < -0.3 is 20.2 Å². The number of carbonyl (C=O) groups excluding carboxylic acids is 1. The number of rotatable bonds is 7. The van der Waals surface area contributed by atoms with Gasteiger partial charge in [-0.1, -0.05) is 0 Å². The summed E-state index contributed by atoms with van der Waals surface area (Å²) in [6.07, 6.45) is 4.64. The minimum absolute atomic E-state index is 0.0563. The first-order chi connectivity index (χ1) is 9.20. The molecule has 0 radical (unpaired) electrons. The number of aliphatic hydroxyl groups is 1. The van der Waals surface area contributed by atoms with E-state index in [2.05, 4.69) is 17.3 Å². The van der Waals surface area contributed by atoms with Crippen molar-refractivity contribution < 1.29 is 9.90 Å². The zero-order chi connectivity index (χ0) is 13.7. The van der Waals surface area contributed by atoms with E-state index in [1.165, 1.54) is 12.8 Å². The van der Waals surface area contributed by atoms with E-state index < -0.39 is 0 Å². The fourth-order valence-electron chi connectivity index (χ4n) is 2.73. The summed E-state index contributed by atoms with van der Waals surface area (Å²) < 4.78 is 0. The first kappa shape index (κ1) is 14.8. The van der Waals surface area contributed by atoms with Gasteiger partial charge in [-0.3, -0.25) is 4.79 Å². The van der Waals surface area contributed by atoms with E-state index in [4.69, 9.17) is 5.11 Å². The van der Waals surface area contributed by atoms with Crippen LogP contribution >= 0.6 is 0 Å². The lowest BCUT2D eigenvalue weighted by Crippen LogP contribution is -2.50. The van der Waals surface area contributed by atoms with Gasteiger partial charge in [0.1, 0.15) is 0 Å². The summed E-state index contributed by atoms with van der Waals surface area (Å²) in [5, 5.41) is 12.4. The molecule has 5 heteroatoms. The molecular weight excluding hydrogens is 242 g/mol. The van der Waals surface area contributed by atoms with E-state index in [1.54, 1.807) is 0 Å². The largest absolute Gasteiger partial charge is 0.395 e. The SMILES string of the molecule is CN1CCC(N(CCO)C(=O)CNCC2CC2)CC1. The van der Waals surface area contributed by atoms with Gasteiger partial charge in [-0.2, -0.15) is 0 Å². The third kappa shape index (κ3) is 4.75. The Bertz CT molecular complexity index is 286. The minimum Gasteiger partial charge on any atom is -0.395 e. The molecule has 0 spiro atoms. The third-order valence-electron chi connectivity index (χ3n) is 4.20. The van der Waals surface area contributed by atoms with Gasteiger partial charge in [0.15, 0.2) is 0 Å². The molecule has 0 aromatic rings. The molecule has 2 rings (SSSR count). The maximum absolute atomic E-state index is 12.3. The molecule has 2 aliphatic rings. The lowest BCUT2D eigenvalue weighted by Gasteiger charge is -2.37. The quantitative estimate of drug-likeness (QED) is 0.678. The Morgan fingerprint density at radius 3 is 2.58 bits per heavy atom. The number of nitrogens with zero attached hydrogens (tertiary/aromatic N) is 2. The van der Waals surface area contributed by atoms with Crippen LogP contribution in [0.25, 0.3) is 0 Å². The van der Waals surface area contributed by atoms with Gasteiger partial charge in [0.05, 0.1) is 13.2 Å². The van der Waals surface area contributed by atoms with Crippen LogP contribution in [0.4, 0.5) is 0 Å². The number of amides is 1. The number of likely N-dealkylation sites (tertiary alicyclic amines) is 1. The first-order valence-electron chi connectivity index (χ1n) is 7.50. The van der Waals surface area contributed by atoms with Crippen LogP contribution in [0.1, 0.15) is 25.7 Å². The zero-order valence-electron chi connectivity index (χ0n) is 12.0. The van der Waals surface area contributed by atoms with Gasteiger partial charge in [0, 0.05) is 12.6 Å². The molecule has 1 saturated carbocycles. The highest BCUT2D eigenvalue weighted by Crippen LogP contribution is 2.27. The van der Waals surface area contributed by atoms with Crippen molar-refractivity contribution in [2.75, 3.05) is 46.4 Å².